The van der Waals surface area contributed by atoms with E-state index in [0.717, 1.165) is 34.9 Å². The Morgan fingerprint density at radius 1 is 1.07 bits per heavy atom. The molecule has 138 valence electrons. The molecular weight excluding hydrogens is 338 g/mol. The van der Waals surface area contributed by atoms with Crippen LogP contribution in [-0.2, 0) is 4.79 Å². The highest BCUT2D eigenvalue weighted by Gasteiger charge is 2.19. The number of Topliss-reactive ketones (excluding diaryl/α,β-unsaturated/α-hetero) is 1. The number of hydrogen-bond acceptors (Lipinski definition) is 3. The van der Waals surface area contributed by atoms with Gasteiger partial charge in [-0.15, -0.1) is 0 Å². The minimum absolute atomic E-state index is 0.0409. The largest absolute Gasteiger partial charge is 0.309 e. The molecule has 1 amide bonds. The van der Waals surface area contributed by atoms with Gasteiger partial charge in [0.25, 0.3) is 0 Å². The number of H-pyrrole nitrogens is 1. The van der Waals surface area contributed by atoms with Crippen LogP contribution in [0.2, 0.25) is 0 Å². The third kappa shape index (κ3) is 3.77. The first-order chi connectivity index (χ1) is 13.1. The highest BCUT2D eigenvalue weighted by molar-refractivity contribution is 6.00. The summed E-state index contributed by atoms with van der Waals surface area (Å²) >= 11 is 0. The Morgan fingerprint density at radius 2 is 1.78 bits per heavy atom. The number of amides is 1. The molecule has 1 aliphatic carbocycles. The fourth-order valence-corrected chi connectivity index (χ4v) is 3.85. The summed E-state index contributed by atoms with van der Waals surface area (Å²) in [6.45, 7) is 1.56. The lowest BCUT2D eigenvalue weighted by molar-refractivity contribution is -0.117. The maximum absolute atomic E-state index is 12.3. The SMILES string of the molecule is CC(=O)c1ccc(-c2ccc3c(NC(=O)CC4CCCC4)n[nH]c3c2)cc1. The van der Waals surface area contributed by atoms with Gasteiger partial charge >= 0.3 is 0 Å². The number of ketones is 1. The molecule has 0 saturated heterocycles. The first-order valence-electron chi connectivity index (χ1n) is 9.49. The molecule has 0 aliphatic heterocycles. The molecule has 1 aromatic heterocycles. The van der Waals surface area contributed by atoms with Crippen molar-refractivity contribution in [2.75, 3.05) is 5.32 Å². The van der Waals surface area contributed by atoms with Crippen LogP contribution < -0.4 is 5.32 Å². The predicted octanol–water partition coefficient (Wildman–Crippen LogP) is 4.95. The van der Waals surface area contributed by atoms with E-state index in [0.29, 0.717) is 23.7 Å². The van der Waals surface area contributed by atoms with E-state index in [1.54, 1.807) is 6.92 Å². The molecule has 3 aromatic rings. The molecule has 27 heavy (non-hydrogen) atoms. The van der Waals surface area contributed by atoms with E-state index >= 15 is 0 Å². The van der Waals surface area contributed by atoms with Crippen LogP contribution in [0.3, 0.4) is 0 Å². The summed E-state index contributed by atoms with van der Waals surface area (Å²) in [5.41, 5.74) is 3.64. The molecular formula is C22H23N3O2. The first kappa shape index (κ1) is 17.5. The molecule has 5 heteroatoms. The number of fused-ring (bicyclic) bond motifs is 1. The van der Waals surface area contributed by atoms with Crippen molar-refractivity contribution in [3.63, 3.8) is 0 Å². The van der Waals surface area contributed by atoms with Gasteiger partial charge in [0.05, 0.1) is 5.52 Å². The molecule has 1 heterocycles. The molecule has 1 saturated carbocycles. The van der Waals surface area contributed by atoms with E-state index in [9.17, 15) is 9.59 Å². The van der Waals surface area contributed by atoms with Crippen LogP contribution >= 0.6 is 0 Å². The number of anilines is 1. The summed E-state index contributed by atoms with van der Waals surface area (Å²) in [4.78, 5) is 23.7. The van der Waals surface area contributed by atoms with Crippen LogP contribution in [0.4, 0.5) is 5.82 Å². The highest BCUT2D eigenvalue weighted by Crippen LogP contribution is 2.30. The molecule has 1 aliphatic rings. The molecule has 5 nitrogen and oxygen atoms in total. The Hall–Kier alpha value is -2.95. The zero-order valence-electron chi connectivity index (χ0n) is 15.4. The lowest BCUT2D eigenvalue weighted by Crippen LogP contribution is -2.15. The number of carbonyl (C=O) groups is 2. The average molecular weight is 361 g/mol. The maximum Gasteiger partial charge on any atom is 0.225 e. The minimum atomic E-state index is 0.0409. The molecule has 0 unspecified atom stereocenters. The lowest BCUT2D eigenvalue weighted by Gasteiger charge is -2.08. The van der Waals surface area contributed by atoms with E-state index in [-0.39, 0.29) is 11.7 Å². The number of hydrogen-bond donors (Lipinski definition) is 2. The zero-order chi connectivity index (χ0) is 18.8. The second-order valence-corrected chi connectivity index (χ2v) is 7.37. The number of benzene rings is 2. The van der Waals surface area contributed by atoms with E-state index in [1.165, 1.54) is 12.8 Å². The molecule has 1 fully saturated rings. The summed E-state index contributed by atoms with van der Waals surface area (Å²) in [5.74, 6) is 1.20. The van der Waals surface area contributed by atoms with Crippen molar-refractivity contribution >= 4 is 28.4 Å². The van der Waals surface area contributed by atoms with Gasteiger partial charge in [-0.25, -0.2) is 0 Å². The van der Waals surface area contributed by atoms with Gasteiger partial charge in [-0.1, -0.05) is 43.2 Å². The normalized spacial score (nSPS) is 14.6. The Morgan fingerprint density at radius 3 is 2.48 bits per heavy atom. The minimum Gasteiger partial charge on any atom is -0.309 e. The number of nitrogens with zero attached hydrogens (tertiary/aromatic N) is 1. The second-order valence-electron chi connectivity index (χ2n) is 7.37. The molecule has 0 radical (unpaired) electrons. The molecule has 4 rings (SSSR count). The molecule has 2 N–H and O–H groups in total. The van der Waals surface area contributed by atoms with Crippen LogP contribution in [0.1, 0.15) is 49.4 Å². The second kappa shape index (κ2) is 7.35. The average Bonchev–Trinajstić information content (AvgIpc) is 3.31. The molecule has 0 spiro atoms. The van der Waals surface area contributed by atoms with Gasteiger partial charge in [0.2, 0.25) is 5.91 Å². The van der Waals surface area contributed by atoms with Gasteiger partial charge in [-0.3, -0.25) is 14.7 Å². The quantitative estimate of drug-likeness (QED) is 0.631. The Kier molecular flexibility index (Phi) is 4.75. The van der Waals surface area contributed by atoms with Crippen LogP contribution in [0.25, 0.3) is 22.0 Å². The standard InChI is InChI=1S/C22H23N3O2/c1-14(26)16-6-8-17(9-7-16)18-10-11-19-20(13-18)24-25-22(19)23-21(27)12-15-4-2-3-5-15/h6-11,13,15H,2-5,12H2,1H3,(H2,23,24,25,27). The Bertz CT molecular complexity index is 982. The van der Waals surface area contributed by atoms with Gasteiger partial charge in [-0.2, -0.15) is 5.10 Å². The van der Waals surface area contributed by atoms with Gasteiger partial charge in [0.1, 0.15) is 0 Å². The van der Waals surface area contributed by atoms with E-state index in [1.807, 2.05) is 42.5 Å². The number of carbonyl (C=O) groups excluding carboxylic acids is 2. The topological polar surface area (TPSA) is 74.8 Å². The number of aromatic nitrogens is 2. The van der Waals surface area contributed by atoms with Crippen molar-refractivity contribution in [3.8, 4) is 11.1 Å². The van der Waals surface area contributed by atoms with E-state index < -0.39 is 0 Å². The van der Waals surface area contributed by atoms with Gasteiger partial charge in [0.15, 0.2) is 11.6 Å². The van der Waals surface area contributed by atoms with Crippen molar-refractivity contribution in [1.82, 2.24) is 10.2 Å². The number of rotatable bonds is 5. The van der Waals surface area contributed by atoms with Crippen LogP contribution in [-0.4, -0.2) is 21.9 Å². The Balaban J connectivity index is 1.52. The lowest BCUT2D eigenvalue weighted by atomic mass is 10.0. The maximum atomic E-state index is 12.3. The zero-order valence-corrected chi connectivity index (χ0v) is 15.4. The van der Waals surface area contributed by atoms with E-state index in [2.05, 4.69) is 15.5 Å². The van der Waals surface area contributed by atoms with Crippen molar-refractivity contribution < 1.29 is 9.59 Å². The summed E-state index contributed by atoms with van der Waals surface area (Å²) in [5, 5.41) is 11.1. The monoisotopic (exact) mass is 361 g/mol. The van der Waals surface area contributed by atoms with Crippen LogP contribution in [0, 0.1) is 5.92 Å². The van der Waals surface area contributed by atoms with Gasteiger partial charge in [0, 0.05) is 17.4 Å². The summed E-state index contributed by atoms with van der Waals surface area (Å²) in [6, 6.07) is 13.5. The predicted molar refractivity (Wildman–Crippen MR) is 107 cm³/mol. The fraction of sp³-hybridized carbons (Fsp3) is 0.318. The van der Waals surface area contributed by atoms with Crippen molar-refractivity contribution in [3.05, 3.63) is 48.0 Å². The van der Waals surface area contributed by atoms with Crippen LogP contribution in [0.15, 0.2) is 42.5 Å². The molecule has 2 aromatic carbocycles. The summed E-state index contributed by atoms with van der Waals surface area (Å²) in [7, 11) is 0. The third-order valence-electron chi connectivity index (χ3n) is 5.39. The number of nitrogens with one attached hydrogen (secondary N) is 2. The smallest absolute Gasteiger partial charge is 0.225 e. The highest BCUT2D eigenvalue weighted by atomic mass is 16.1. The molecule has 0 bridgehead atoms. The first-order valence-corrected chi connectivity index (χ1v) is 9.49. The summed E-state index contributed by atoms with van der Waals surface area (Å²) < 4.78 is 0. The Labute approximate surface area is 158 Å². The van der Waals surface area contributed by atoms with Gasteiger partial charge < -0.3 is 5.32 Å². The molecule has 0 atom stereocenters. The van der Waals surface area contributed by atoms with Crippen molar-refractivity contribution in [1.29, 1.82) is 0 Å². The van der Waals surface area contributed by atoms with E-state index in [4.69, 9.17) is 0 Å². The fourth-order valence-electron chi connectivity index (χ4n) is 3.85. The van der Waals surface area contributed by atoms with Gasteiger partial charge in [-0.05, 0) is 48.9 Å². The van der Waals surface area contributed by atoms with Crippen LogP contribution in [0.5, 0.6) is 0 Å². The van der Waals surface area contributed by atoms with Crippen molar-refractivity contribution in [2.45, 2.75) is 39.0 Å². The summed E-state index contributed by atoms with van der Waals surface area (Å²) in [6.07, 6.45) is 5.36. The number of aromatic amines is 1. The van der Waals surface area contributed by atoms with Crippen molar-refractivity contribution in [2.24, 2.45) is 5.92 Å². The third-order valence-corrected chi connectivity index (χ3v) is 5.39.